The quantitative estimate of drug-likeness (QED) is 0.232. The van der Waals surface area contributed by atoms with Gasteiger partial charge in [-0.1, -0.05) is 78.1 Å². The van der Waals surface area contributed by atoms with E-state index >= 15 is 0 Å². The summed E-state index contributed by atoms with van der Waals surface area (Å²) in [6.07, 6.45) is 14.8. The predicted molar refractivity (Wildman–Crippen MR) is 92.8 cm³/mol. The van der Waals surface area contributed by atoms with E-state index in [4.69, 9.17) is 0 Å². The van der Waals surface area contributed by atoms with E-state index in [1.54, 1.807) is 0 Å². The van der Waals surface area contributed by atoms with Gasteiger partial charge in [0.05, 0.1) is 0 Å². The van der Waals surface area contributed by atoms with Gasteiger partial charge in [0.15, 0.2) is 0 Å². The van der Waals surface area contributed by atoms with Gasteiger partial charge in [-0.15, -0.1) is 0 Å². The monoisotopic (exact) mass is 315 g/mol. The summed E-state index contributed by atoms with van der Waals surface area (Å²) in [6, 6.07) is 0. The zero-order valence-corrected chi connectivity index (χ0v) is 14.8. The first-order valence-electron chi connectivity index (χ1n) is 9.38. The van der Waals surface area contributed by atoms with Gasteiger partial charge in [0, 0.05) is 17.8 Å². The number of rotatable bonds is 16. The number of unbranched alkanes of at least 4 members (excludes halogenated alkanes) is 10. The Bertz CT molecular complexity index is 271. The van der Waals surface area contributed by atoms with Crippen LogP contribution in [0.3, 0.4) is 0 Å². The van der Waals surface area contributed by atoms with Gasteiger partial charge in [0.25, 0.3) is 0 Å². The highest BCUT2D eigenvalue weighted by Crippen LogP contribution is 2.26. The number of aliphatic hydroxyl groups excluding tert-OH is 1. The molecule has 4 heteroatoms. The first kappa shape index (κ1) is 21.4. The van der Waals surface area contributed by atoms with E-state index in [1.807, 2.05) is 0 Å². The van der Waals surface area contributed by atoms with Crippen LogP contribution in [0.4, 0.5) is 0 Å². The van der Waals surface area contributed by atoms with Crippen LogP contribution in [0.25, 0.3) is 0 Å². The van der Waals surface area contributed by atoms with Crippen molar-refractivity contribution in [3.8, 4) is 0 Å². The van der Waals surface area contributed by atoms with Crippen LogP contribution in [0.1, 0.15) is 104 Å². The summed E-state index contributed by atoms with van der Waals surface area (Å²) in [7, 11) is 0. The van der Waals surface area contributed by atoms with Crippen LogP contribution < -0.4 is 0 Å². The molecule has 1 N–H and O–H groups in total. The normalized spacial score (nSPS) is 14.0. The Morgan fingerprint density at radius 2 is 1.14 bits per heavy atom. The minimum absolute atomic E-state index is 0.229. The molecule has 0 aliphatic carbocycles. The smallest absolute Gasteiger partial charge is 0.244 e. The molecule has 0 aliphatic rings. The topological polar surface area (TPSA) is 63.4 Å². The molecule has 0 amide bonds. The Hall–Kier alpha value is -0.640. The summed E-state index contributed by atoms with van der Waals surface area (Å²) in [5.74, 6) is 0. The highest BCUT2D eigenvalue weighted by molar-refractivity contribution is 4.78. The second-order valence-corrected chi connectivity index (χ2v) is 6.68. The summed E-state index contributed by atoms with van der Waals surface area (Å²) in [4.78, 5) is 11.1. The minimum Gasteiger partial charge on any atom is -0.389 e. The third kappa shape index (κ3) is 9.39. The second-order valence-electron chi connectivity index (χ2n) is 6.68. The van der Waals surface area contributed by atoms with Crippen LogP contribution in [0.5, 0.6) is 0 Å². The van der Waals surface area contributed by atoms with E-state index in [-0.39, 0.29) is 11.5 Å². The fraction of sp³-hybridized carbons (Fsp3) is 1.00. The van der Waals surface area contributed by atoms with Crippen molar-refractivity contribution in [3.05, 3.63) is 10.1 Å². The molecule has 0 bridgehead atoms. The second kappa shape index (κ2) is 14.0. The number of hydrogen-bond donors (Lipinski definition) is 1. The molecule has 0 aliphatic heterocycles. The maximum atomic E-state index is 11.4. The van der Waals surface area contributed by atoms with Crippen molar-refractivity contribution in [2.75, 3.05) is 6.61 Å². The lowest BCUT2D eigenvalue weighted by atomic mass is 9.87. The Morgan fingerprint density at radius 1 is 0.773 bits per heavy atom. The van der Waals surface area contributed by atoms with Crippen molar-refractivity contribution in [3.63, 3.8) is 0 Å². The summed E-state index contributed by atoms with van der Waals surface area (Å²) in [6.45, 7) is 4.00. The molecule has 4 nitrogen and oxygen atoms in total. The maximum absolute atomic E-state index is 11.4. The number of nitrogens with zero attached hydrogens (tertiary/aromatic N) is 1. The zero-order chi connectivity index (χ0) is 16.7. The average molecular weight is 315 g/mol. The Labute approximate surface area is 136 Å². The van der Waals surface area contributed by atoms with Gasteiger partial charge in [-0.05, 0) is 12.8 Å². The Balaban J connectivity index is 3.86. The third-order valence-corrected chi connectivity index (χ3v) is 4.67. The average Bonchev–Trinajstić information content (AvgIpc) is 2.51. The first-order valence-corrected chi connectivity index (χ1v) is 9.38. The molecular formula is C18H37NO3. The molecule has 22 heavy (non-hydrogen) atoms. The lowest BCUT2D eigenvalue weighted by molar-refractivity contribution is -0.576. The van der Waals surface area contributed by atoms with Crippen LogP contribution >= 0.6 is 0 Å². The third-order valence-electron chi connectivity index (χ3n) is 4.67. The molecule has 0 saturated heterocycles. The Morgan fingerprint density at radius 3 is 1.55 bits per heavy atom. The molecule has 132 valence electrons. The zero-order valence-electron chi connectivity index (χ0n) is 14.8. The maximum Gasteiger partial charge on any atom is 0.244 e. The molecule has 0 spiro atoms. The van der Waals surface area contributed by atoms with Gasteiger partial charge in [-0.25, -0.2) is 0 Å². The molecule has 0 rings (SSSR count). The molecule has 0 saturated carbocycles. The molecule has 0 fully saturated rings. The fourth-order valence-electron chi connectivity index (χ4n) is 2.99. The van der Waals surface area contributed by atoms with E-state index in [1.165, 1.54) is 44.9 Å². The van der Waals surface area contributed by atoms with Gasteiger partial charge < -0.3 is 5.11 Å². The van der Waals surface area contributed by atoms with E-state index in [9.17, 15) is 15.2 Å². The highest BCUT2D eigenvalue weighted by atomic mass is 16.6. The number of aliphatic hydroxyl groups is 1. The molecule has 1 unspecified atom stereocenters. The lowest BCUT2D eigenvalue weighted by Gasteiger charge is -2.23. The van der Waals surface area contributed by atoms with Crippen LogP contribution in [0.15, 0.2) is 0 Å². The summed E-state index contributed by atoms with van der Waals surface area (Å²) in [5, 5.41) is 20.9. The van der Waals surface area contributed by atoms with Crippen LogP contribution in [0, 0.1) is 10.1 Å². The van der Waals surface area contributed by atoms with Crippen LogP contribution in [-0.4, -0.2) is 22.2 Å². The number of hydrogen-bond acceptors (Lipinski definition) is 3. The molecule has 0 aromatic heterocycles. The van der Waals surface area contributed by atoms with Crippen molar-refractivity contribution in [1.29, 1.82) is 0 Å². The van der Waals surface area contributed by atoms with E-state index in [0.29, 0.717) is 12.8 Å². The van der Waals surface area contributed by atoms with Gasteiger partial charge >= 0.3 is 0 Å². The standard InChI is InChI=1S/C18H37NO3/c1-3-5-7-8-9-10-11-12-14-16-18(17-20,19(21)22)15-13-6-4-2/h20H,3-17H2,1-2H3. The molecule has 0 aromatic carbocycles. The molecule has 0 radical (unpaired) electrons. The summed E-state index contributed by atoms with van der Waals surface area (Å²) in [5.41, 5.74) is -1.09. The SMILES string of the molecule is CCCCCCCCCCCC(CO)(CCCCC)[N+](=O)[O-]. The fourth-order valence-corrected chi connectivity index (χ4v) is 2.99. The van der Waals surface area contributed by atoms with Crippen molar-refractivity contribution in [2.45, 2.75) is 109 Å². The molecule has 0 aromatic rings. The van der Waals surface area contributed by atoms with Crippen molar-refractivity contribution >= 4 is 0 Å². The predicted octanol–water partition coefficient (Wildman–Crippen LogP) is 5.50. The molecule has 1 atom stereocenters. The van der Waals surface area contributed by atoms with E-state index < -0.39 is 5.54 Å². The summed E-state index contributed by atoms with van der Waals surface area (Å²) < 4.78 is 0. The van der Waals surface area contributed by atoms with Crippen molar-refractivity contribution in [1.82, 2.24) is 0 Å². The molecular weight excluding hydrogens is 278 g/mol. The van der Waals surface area contributed by atoms with E-state index in [2.05, 4.69) is 13.8 Å². The van der Waals surface area contributed by atoms with Crippen LogP contribution in [-0.2, 0) is 0 Å². The lowest BCUT2D eigenvalue weighted by Crippen LogP contribution is -2.42. The summed E-state index contributed by atoms with van der Waals surface area (Å²) >= 11 is 0. The van der Waals surface area contributed by atoms with Crippen LogP contribution in [0.2, 0.25) is 0 Å². The minimum atomic E-state index is -1.09. The number of nitro groups is 1. The highest BCUT2D eigenvalue weighted by Gasteiger charge is 2.40. The van der Waals surface area contributed by atoms with Gasteiger partial charge in [-0.2, -0.15) is 0 Å². The van der Waals surface area contributed by atoms with Gasteiger partial charge in [0.1, 0.15) is 6.61 Å². The van der Waals surface area contributed by atoms with Crippen molar-refractivity contribution in [2.24, 2.45) is 0 Å². The first-order chi connectivity index (χ1) is 10.6. The van der Waals surface area contributed by atoms with Gasteiger partial charge in [0.2, 0.25) is 5.54 Å². The Kier molecular flexibility index (Phi) is 13.6. The molecule has 0 heterocycles. The van der Waals surface area contributed by atoms with Crippen molar-refractivity contribution < 1.29 is 10.0 Å². The van der Waals surface area contributed by atoms with Gasteiger partial charge in [-0.3, -0.25) is 10.1 Å². The largest absolute Gasteiger partial charge is 0.389 e. The van der Waals surface area contributed by atoms with E-state index in [0.717, 1.165) is 32.1 Å².